The van der Waals surface area contributed by atoms with Gasteiger partial charge >= 0.3 is 0 Å². The van der Waals surface area contributed by atoms with Gasteiger partial charge in [-0.15, -0.1) is 0 Å². The summed E-state index contributed by atoms with van der Waals surface area (Å²) in [6, 6.07) is 13.7. The molecule has 2 aromatic carbocycles. The van der Waals surface area contributed by atoms with Crippen LogP contribution in [0.4, 0.5) is 0 Å². The maximum absolute atomic E-state index is 13.3. The average Bonchev–Trinajstić information content (AvgIpc) is 2.60. The summed E-state index contributed by atoms with van der Waals surface area (Å²) in [4.78, 5) is 15.5. The highest BCUT2D eigenvalue weighted by Crippen LogP contribution is 2.36. The van der Waals surface area contributed by atoms with Gasteiger partial charge in [-0.3, -0.25) is 4.79 Å². The predicted octanol–water partition coefficient (Wildman–Crippen LogP) is 4.88. The summed E-state index contributed by atoms with van der Waals surface area (Å²) in [6.07, 6.45) is 1.62. The molecule has 0 aromatic heterocycles. The van der Waals surface area contributed by atoms with E-state index in [0.29, 0.717) is 16.6 Å². The topological polar surface area (TPSA) is 32.3 Å². The lowest BCUT2D eigenvalue weighted by molar-refractivity contribution is -0.128. The minimum Gasteiger partial charge on any atom is -0.351 e. The van der Waals surface area contributed by atoms with Crippen LogP contribution < -0.4 is 5.32 Å². The highest BCUT2D eigenvalue weighted by atomic mass is 127. The number of halogens is 3. The summed E-state index contributed by atoms with van der Waals surface area (Å²) in [5.41, 5.74) is 1.51. The fourth-order valence-electron chi connectivity index (χ4n) is 3.48. The number of piperidine rings is 1. The Bertz CT molecular complexity index is 767. The van der Waals surface area contributed by atoms with E-state index in [1.165, 1.54) is 3.57 Å². The minimum absolute atomic E-state index is 0.0721. The SMILES string of the molecule is CN1CCC(C(=O)NCc2cc(Cl)cc(Cl)c2)(c2ccc(I)cc2)CC1. The van der Waals surface area contributed by atoms with Crippen molar-refractivity contribution in [3.8, 4) is 0 Å². The molecule has 3 rings (SSSR count). The van der Waals surface area contributed by atoms with Crippen molar-refractivity contribution < 1.29 is 4.79 Å². The molecule has 6 heteroatoms. The number of nitrogens with zero attached hydrogens (tertiary/aromatic N) is 1. The third kappa shape index (κ3) is 4.53. The highest BCUT2D eigenvalue weighted by molar-refractivity contribution is 14.1. The third-order valence-electron chi connectivity index (χ3n) is 5.05. The van der Waals surface area contributed by atoms with Gasteiger partial charge in [-0.2, -0.15) is 0 Å². The number of rotatable bonds is 4. The molecule has 0 atom stereocenters. The van der Waals surface area contributed by atoms with E-state index in [0.717, 1.165) is 37.1 Å². The molecular weight excluding hydrogens is 482 g/mol. The van der Waals surface area contributed by atoms with Crippen LogP contribution in [0.1, 0.15) is 24.0 Å². The van der Waals surface area contributed by atoms with E-state index >= 15 is 0 Å². The molecule has 1 N–H and O–H groups in total. The second-order valence-corrected chi connectivity index (χ2v) is 8.97. The maximum atomic E-state index is 13.3. The lowest BCUT2D eigenvalue weighted by Gasteiger charge is -2.40. The molecule has 2 aromatic rings. The van der Waals surface area contributed by atoms with Crippen molar-refractivity contribution in [2.75, 3.05) is 20.1 Å². The van der Waals surface area contributed by atoms with Crippen molar-refractivity contribution in [1.82, 2.24) is 10.2 Å². The van der Waals surface area contributed by atoms with Gasteiger partial charge in [0.15, 0.2) is 0 Å². The average molecular weight is 503 g/mol. The number of hydrogen-bond donors (Lipinski definition) is 1. The summed E-state index contributed by atoms with van der Waals surface area (Å²) in [6.45, 7) is 2.23. The molecule has 0 spiro atoms. The molecular formula is C20H21Cl2IN2O. The van der Waals surface area contributed by atoms with Gasteiger partial charge in [-0.1, -0.05) is 35.3 Å². The first-order valence-electron chi connectivity index (χ1n) is 8.57. The number of benzene rings is 2. The van der Waals surface area contributed by atoms with Crippen LogP contribution in [-0.4, -0.2) is 30.9 Å². The van der Waals surface area contributed by atoms with E-state index in [9.17, 15) is 4.79 Å². The number of nitrogens with one attached hydrogen (secondary N) is 1. The Balaban J connectivity index is 1.82. The fourth-order valence-corrected chi connectivity index (χ4v) is 4.41. The number of hydrogen-bond acceptors (Lipinski definition) is 2. The van der Waals surface area contributed by atoms with Gasteiger partial charge in [-0.05, 0) is 97.0 Å². The molecule has 0 aliphatic carbocycles. The van der Waals surface area contributed by atoms with Crippen LogP contribution >= 0.6 is 45.8 Å². The van der Waals surface area contributed by atoms with Crippen molar-refractivity contribution in [3.05, 3.63) is 67.2 Å². The molecule has 0 saturated carbocycles. The lowest BCUT2D eigenvalue weighted by atomic mass is 9.72. The molecule has 0 bridgehead atoms. The van der Waals surface area contributed by atoms with Gasteiger partial charge in [0.2, 0.25) is 5.91 Å². The van der Waals surface area contributed by atoms with Crippen molar-refractivity contribution in [2.24, 2.45) is 0 Å². The Labute approximate surface area is 178 Å². The van der Waals surface area contributed by atoms with E-state index in [-0.39, 0.29) is 5.91 Å². The minimum atomic E-state index is -0.487. The van der Waals surface area contributed by atoms with Crippen LogP contribution in [0.5, 0.6) is 0 Å². The Morgan fingerprint density at radius 2 is 1.69 bits per heavy atom. The van der Waals surface area contributed by atoms with Crippen molar-refractivity contribution in [2.45, 2.75) is 24.8 Å². The monoisotopic (exact) mass is 502 g/mol. The Morgan fingerprint density at radius 1 is 1.12 bits per heavy atom. The number of amides is 1. The van der Waals surface area contributed by atoms with E-state index in [2.05, 4.69) is 64.1 Å². The van der Waals surface area contributed by atoms with Crippen molar-refractivity contribution >= 4 is 51.7 Å². The Hall–Kier alpha value is -0.820. The van der Waals surface area contributed by atoms with Crippen LogP contribution in [0.15, 0.2) is 42.5 Å². The Morgan fingerprint density at radius 3 is 2.27 bits per heavy atom. The zero-order chi connectivity index (χ0) is 18.7. The van der Waals surface area contributed by atoms with Gasteiger partial charge < -0.3 is 10.2 Å². The molecule has 0 radical (unpaired) electrons. The number of carbonyl (C=O) groups is 1. The molecule has 3 nitrogen and oxygen atoms in total. The summed E-state index contributed by atoms with van der Waals surface area (Å²) in [5, 5.41) is 4.27. The van der Waals surface area contributed by atoms with Gasteiger partial charge in [0.25, 0.3) is 0 Å². The first-order chi connectivity index (χ1) is 12.4. The van der Waals surface area contributed by atoms with Crippen LogP contribution in [-0.2, 0) is 16.8 Å². The Kier molecular flexibility index (Phi) is 6.49. The summed E-state index contributed by atoms with van der Waals surface area (Å²) in [5.74, 6) is 0.0721. The predicted molar refractivity (Wildman–Crippen MR) is 116 cm³/mol. The van der Waals surface area contributed by atoms with E-state index in [1.54, 1.807) is 6.07 Å². The second kappa shape index (κ2) is 8.46. The zero-order valence-electron chi connectivity index (χ0n) is 14.6. The van der Waals surface area contributed by atoms with Gasteiger partial charge in [0.05, 0.1) is 5.41 Å². The first-order valence-corrected chi connectivity index (χ1v) is 10.4. The van der Waals surface area contributed by atoms with Crippen LogP contribution in [0.2, 0.25) is 10.0 Å². The molecule has 1 saturated heterocycles. The van der Waals surface area contributed by atoms with E-state index in [4.69, 9.17) is 23.2 Å². The maximum Gasteiger partial charge on any atom is 0.231 e. The quantitative estimate of drug-likeness (QED) is 0.604. The molecule has 0 unspecified atom stereocenters. The standard InChI is InChI=1S/C20H21Cl2IN2O/c1-25-8-6-20(7-9-25,15-2-4-18(23)5-3-15)19(26)24-13-14-10-16(21)12-17(22)11-14/h2-5,10-12H,6-9,13H2,1H3,(H,24,26). The molecule has 1 heterocycles. The zero-order valence-corrected chi connectivity index (χ0v) is 18.2. The highest BCUT2D eigenvalue weighted by Gasteiger charge is 2.42. The molecule has 138 valence electrons. The van der Waals surface area contributed by atoms with Gasteiger partial charge in [0.1, 0.15) is 0 Å². The first kappa shape index (κ1) is 19.9. The molecule has 1 amide bonds. The largest absolute Gasteiger partial charge is 0.351 e. The van der Waals surface area contributed by atoms with E-state index < -0.39 is 5.41 Å². The van der Waals surface area contributed by atoms with Gasteiger partial charge in [-0.25, -0.2) is 0 Å². The third-order valence-corrected chi connectivity index (χ3v) is 6.20. The van der Waals surface area contributed by atoms with E-state index in [1.807, 2.05) is 12.1 Å². The normalized spacial score (nSPS) is 17.1. The smallest absolute Gasteiger partial charge is 0.231 e. The van der Waals surface area contributed by atoms with Crippen LogP contribution in [0.3, 0.4) is 0 Å². The summed E-state index contributed by atoms with van der Waals surface area (Å²) in [7, 11) is 2.10. The van der Waals surface area contributed by atoms with Gasteiger partial charge in [0, 0.05) is 20.2 Å². The number of carbonyl (C=O) groups excluding carboxylic acids is 1. The lowest BCUT2D eigenvalue weighted by Crippen LogP contribution is -2.50. The van der Waals surface area contributed by atoms with Crippen LogP contribution in [0.25, 0.3) is 0 Å². The molecule has 26 heavy (non-hydrogen) atoms. The van der Waals surface area contributed by atoms with Crippen molar-refractivity contribution in [3.63, 3.8) is 0 Å². The summed E-state index contributed by atoms with van der Waals surface area (Å²) >= 11 is 14.4. The summed E-state index contributed by atoms with van der Waals surface area (Å²) < 4.78 is 1.17. The van der Waals surface area contributed by atoms with Crippen LogP contribution in [0, 0.1) is 3.57 Å². The fraction of sp³-hybridized carbons (Fsp3) is 0.350. The molecule has 1 aliphatic heterocycles. The van der Waals surface area contributed by atoms with Crippen molar-refractivity contribution in [1.29, 1.82) is 0 Å². The molecule has 1 aliphatic rings. The molecule has 1 fully saturated rings. The second-order valence-electron chi connectivity index (χ2n) is 6.85. The number of likely N-dealkylation sites (tertiary alicyclic amines) is 1.